The molecule has 11 heteroatoms. The van der Waals surface area contributed by atoms with Gasteiger partial charge in [0.2, 0.25) is 5.91 Å². The molecule has 136 valence electrons. The van der Waals surface area contributed by atoms with Gasteiger partial charge in [0.05, 0.1) is 21.6 Å². The molecule has 0 aliphatic carbocycles. The maximum absolute atomic E-state index is 12.0. The molecule has 11 nitrogen and oxygen atoms in total. The highest BCUT2D eigenvalue weighted by molar-refractivity contribution is 5.94. The average Bonchev–Trinajstić information content (AvgIpc) is 2.52. The van der Waals surface area contributed by atoms with Crippen LogP contribution in [0.2, 0.25) is 0 Å². The van der Waals surface area contributed by atoms with E-state index in [1.807, 2.05) is 13.8 Å². The van der Waals surface area contributed by atoms with Crippen LogP contribution in [-0.2, 0) is 4.79 Å². The number of nitro groups is 2. The molecule has 1 aromatic rings. The Morgan fingerprint density at radius 1 is 1.08 bits per heavy atom. The molecule has 0 saturated heterocycles. The molecular formula is C14H19N5O6. The number of rotatable bonds is 7. The van der Waals surface area contributed by atoms with Crippen LogP contribution < -0.4 is 16.0 Å². The van der Waals surface area contributed by atoms with E-state index in [1.165, 1.54) is 7.05 Å². The molecule has 25 heavy (non-hydrogen) atoms. The van der Waals surface area contributed by atoms with Gasteiger partial charge in [0.25, 0.3) is 11.4 Å². The van der Waals surface area contributed by atoms with Crippen LogP contribution in [0.15, 0.2) is 18.2 Å². The third-order valence-corrected chi connectivity index (χ3v) is 3.16. The number of non-ortho nitro benzene ring substituents is 2. The molecule has 3 N–H and O–H groups in total. The van der Waals surface area contributed by atoms with Gasteiger partial charge in [0.1, 0.15) is 6.04 Å². The third kappa shape index (κ3) is 6.05. The van der Waals surface area contributed by atoms with Crippen LogP contribution >= 0.6 is 0 Å². The lowest BCUT2D eigenvalue weighted by atomic mass is 10.0. The Hall–Kier alpha value is -3.24. The van der Waals surface area contributed by atoms with E-state index >= 15 is 0 Å². The minimum Gasteiger partial charge on any atom is -0.357 e. The fraction of sp³-hybridized carbons (Fsp3) is 0.429. The van der Waals surface area contributed by atoms with E-state index in [0.717, 1.165) is 18.2 Å². The van der Waals surface area contributed by atoms with Crippen molar-refractivity contribution < 1.29 is 19.4 Å². The zero-order valence-electron chi connectivity index (χ0n) is 13.9. The van der Waals surface area contributed by atoms with Crippen molar-refractivity contribution in [1.29, 1.82) is 0 Å². The normalized spacial score (nSPS) is 11.5. The van der Waals surface area contributed by atoms with Crippen molar-refractivity contribution in [3.8, 4) is 0 Å². The third-order valence-electron chi connectivity index (χ3n) is 3.16. The topological polar surface area (TPSA) is 157 Å². The number of hydrogen-bond acceptors (Lipinski definition) is 6. The molecule has 1 atom stereocenters. The van der Waals surface area contributed by atoms with Crippen molar-refractivity contribution in [3.05, 3.63) is 38.4 Å². The molecule has 0 aromatic heterocycles. The van der Waals surface area contributed by atoms with Crippen LogP contribution in [0.3, 0.4) is 0 Å². The van der Waals surface area contributed by atoms with Gasteiger partial charge in [-0.05, 0) is 12.3 Å². The zero-order chi connectivity index (χ0) is 19.1. The quantitative estimate of drug-likeness (QED) is 0.501. The molecule has 0 unspecified atom stereocenters. The zero-order valence-corrected chi connectivity index (χ0v) is 13.9. The van der Waals surface area contributed by atoms with Gasteiger partial charge in [-0.3, -0.25) is 25.0 Å². The molecule has 0 saturated carbocycles. The largest absolute Gasteiger partial charge is 0.357 e. The second kappa shape index (κ2) is 8.57. The number of likely N-dealkylation sites (N-methyl/N-ethyl adjacent to an activating group) is 1. The minimum absolute atomic E-state index is 0.126. The van der Waals surface area contributed by atoms with E-state index in [1.54, 1.807) is 0 Å². The molecule has 0 heterocycles. The number of carbonyl (C=O) groups is 2. The second-order valence-electron chi connectivity index (χ2n) is 5.65. The van der Waals surface area contributed by atoms with E-state index in [9.17, 15) is 29.8 Å². The first-order valence-electron chi connectivity index (χ1n) is 7.37. The summed E-state index contributed by atoms with van der Waals surface area (Å²) in [5.41, 5.74) is -1.19. The summed E-state index contributed by atoms with van der Waals surface area (Å²) < 4.78 is 0. The molecule has 3 amide bonds. The van der Waals surface area contributed by atoms with Crippen LogP contribution in [0.5, 0.6) is 0 Å². The number of nitro benzene ring substituents is 2. The van der Waals surface area contributed by atoms with Gasteiger partial charge in [0.15, 0.2) is 0 Å². The summed E-state index contributed by atoms with van der Waals surface area (Å²) in [5, 5.41) is 28.8. The van der Waals surface area contributed by atoms with E-state index < -0.39 is 39.2 Å². The van der Waals surface area contributed by atoms with Gasteiger partial charge < -0.3 is 16.0 Å². The first-order valence-corrected chi connectivity index (χ1v) is 7.37. The number of hydrogen-bond donors (Lipinski definition) is 3. The Balaban J connectivity index is 2.96. The molecule has 0 aliphatic heterocycles. The standard InChI is InChI=1S/C14H19N5O6/c1-8(2)4-12(13(20)15-3)17-14(21)16-9-5-10(18(22)23)7-11(6-9)19(24)25/h5-8,12H,4H2,1-3H3,(H,15,20)(H2,16,17,21)/t12-/m0/s1. The maximum atomic E-state index is 12.0. The summed E-state index contributed by atoms with van der Waals surface area (Å²) in [6.07, 6.45) is 0.377. The molecule has 0 spiro atoms. The molecular weight excluding hydrogens is 334 g/mol. The summed E-state index contributed by atoms with van der Waals surface area (Å²) in [6.45, 7) is 3.75. The van der Waals surface area contributed by atoms with Gasteiger partial charge in [-0.25, -0.2) is 4.79 Å². The lowest BCUT2D eigenvalue weighted by Gasteiger charge is -2.19. The van der Waals surface area contributed by atoms with Crippen molar-refractivity contribution in [2.45, 2.75) is 26.3 Å². The number of urea groups is 1. The van der Waals surface area contributed by atoms with Crippen molar-refractivity contribution in [3.63, 3.8) is 0 Å². The van der Waals surface area contributed by atoms with Gasteiger partial charge in [0, 0.05) is 19.2 Å². The van der Waals surface area contributed by atoms with Crippen molar-refractivity contribution in [1.82, 2.24) is 10.6 Å². The Morgan fingerprint density at radius 2 is 1.60 bits per heavy atom. The summed E-state index contributed by atoms with van der Waals surface area (Å²) in [6, 6.07) is 1.16. The fourth-order valence-electron chi connectivity index (χ4n) is 2.08. The number of carbonyl (C=O) groups excluding carboxylic acids is 2. The summed E-state index contributed by atoms with van der Waals surface area (Å²) in [5.74, 6) is -0.268. The summed E-state index contributed by atoms with van der Waals surface area (Å²) in [4.78, 5) is 43.9. The van der Waals surface area contributed by atoms with Crippen LogP contribution in [0.4, 0.5) is 21.9 Å². The minimum atomic E-state index is -0.807. The lowest BCUT2D eigenvalue weighted by molar-refractivity contribution is -0.394. The van der Waals surface area contributed by atoms with Crippen LogP contribution in [0.1, 0.15) is 20.3 Å². The van der Waals surface area contributed by atoms with E-state index in [0.29, 0.717) is 6.42 Å². The number of benzene rings is 1. The SMILES string of the molecule is CNC(=O)[C@H](CC(C)C)NC(=O)Nc1cc([N+](=O)[O-])cc([N+](=O)[O-])c1. The van der Waals surface area contributed by atoms with Gasteiger partial charge >= 0.3 is 6.03 Å². The van der Waals surface area contributed by atoms with Crippen molar-refractivity contribution in [2.75, 3.05) is 12.4 Å². The van der Waals surface area contributed by atoms with Crippen LogP contribution in [0, 0.1) is 26.1 Å². The van der Waals surface area contributed by atoms with Crippen LogP contribution in [0.25, 0.3) is 0 Å². The summed E-state index contributed by atoms with van der Waals surface area (Å²) >= 11 is 0. The molecule has 1 aromatic carbocycles. The van der Waals surface area contributed by atoms with Gasteiger partial charge in [-0.1, -0.05) is 13.8 Å². The number of amides is 3. The monoisotopic (exact) mass is 353 g/mol. The lowest BCUT2D eigenvalue weighted by Crippen LogP contribution is -2.47. The van der Waals surface area contributed by atoms with Crippen LogP contribution in [-0.4, -0.2) is 34.9 Å². The van der Waals surface area contributed by atoms with Gasteiger partial charge in [-0.15, -0.1) is 0 Å². The Bertz CT molecular complexity index is 658. The molecule has 0 aliphatic rings. The number of anilines is 1. The van der Waals surface area contributed by atoms with E-state index in [2.05, 4.69) is 16.0 Å². The second-order valence-corrected chi connectivity index (χ2v) is 5.65. The highest BCUT2D eigenvalue weighted by Gasteiger charge is 2.22. The Morgan fingerprint density at radius 3 is 2.00 bits per heavy atom. The predicted molar refractivity (Wildman–Crippen MR) is 89.2 cm³/mol. The number of nitrogens with one attached hydrogen (secondary N) is 3. The van der Waals surface area contributed by atoms with Crippen molar-refractivity contribution >= 4 is 29.0 Å². The smallest absolute Gasteiger partial charge is 0.319 e. The highest BCUT2D eigenvalue weighted by atomic mass is 16.6. The first kappa shape index (κ1) is 19.8. The van der Waals surface area contributed by atoms with E-state index in [-0.39, 0.29) is 11.6 Å². The van der Waals surface area contributed by atoms with Gasteiger partial charge in [-0.2, -0.15) is 0 Å². The summed E-state index contributed by atoms with van der Waals surface area (Å²) in [7, 11) is 1.43. The average molecular weight is 353 g/mol. The predicted octanol–water partition coefficient (Wildman–Crippen LogP) is 1.79. The first-order chi connectivity index (χ1) is 11.6. The fourth-order valence-corrected chi connectivity index (χ4v) is 2.08. The molecule has 1 rings (SSSR count). The Labute approximate surface area is 143 Å². The van der Waals surface area contributed by atoms with E-state index in [4.69, 9.17) is 0 Å². The highest BCUT2D eigenvalue weighted by Crippen LogP contribution is 2.25. The number of nitrogens with zero attached hydrogens (tertiary/aromatic N) is 2. The van der Waals surface area contributed by atoms with Crippen molar-refractivity contribution in [2.24, 2.45) is 5.92 Å². The molecule has 0 bridgehead atoms. The Kier molecular flexibility index (Phi) is 6.79. The molecule has 0 fully saturated rings. The maximum Gasteiger partial charge on any atom is 0.319 e. The molecule has 0 radical (unpaired) electrons.